The SMILES string of the molecule is F/C=C(/[Se]c1ccccc1)[Se]c1ccc(C(F)(F)F)cc1. The molecule has 0 unspecified atom stereocenters. The van der Waals surface area contributed by atoms with E-state index in [0.717, 1.165) is 21.1 Å². The summed E-state index contributed by atoms with van der Waals surface area (Å²) in [5, 5.41) is 0. The van der Waals surface area contributed by atoms with Crippen LogP contribution in [0.1, 0.15) is 5.56 Å². The summed E-state index contributed by atoms with van der Waals surface area (Å²) in [4.78, 5) is 0. The summed E-state index contributed by atoms with van der Waals surface area (Å²) in [5.41, 5.74) is -0.679. The molecule has 0 aliphatic carbocycles. The summed E-state index contributed by atoms with van der Waals surface area (Å²) in [6.45, 7) is 0. The summed E-state index contributed by atoms with van der Waals surface area (Å²) in [5.74, 6) is 0. The molecule has 0 N–H and O–H groups in total. The van der Waals surface area contributed by atoms with Crippen LogP contribution in [0, 0.1) is 0 Å². The molecule has 0 aliphatic heterocycles. The molecule has 0 fully saturated rings. The van der Waals surface area contributed by atoms with E-state index in [2.05, 4.69) is 0 Å². The quantitative estimate of drug-likeness (QED) is 0.524. The normalized spacial score (nSPS) is 12.5. The van der Waals surface area contributed by atoms with Crippen LogP contribution in [0.5, 0.6) is 0 Å². The molecule has 0 saturated carbocycles. The molecule has 2 aromatic carbocycles. The van der Waals surface area contributed by atoms with E-state index in [0.29, 0.717) is 9.70 Å². The van der Waals surface area contributed by atoms with E-state index in [1.807, 2.05) is 30.3 Å². The van der Waals surface area contributed by atoms with Crippen LogP contribution in [0.4, 0.5) is 17.6 Å². The maximum absolute atomic E-state index is 13.0. The van der Waals surface area contributed by atoms with Crippen molar-refractivity contribution in [3.63, 3.8) is 0 Å². The van der Waals surface area contributed by atoms with Crippen molar-refractivity contribution >= 4 is 38.8 Å². The molecule has 0 aliphatic rings. The monoisotopic (exact) mass is 426 g/mol. The molecule has 0 atom stereocenters. The molecule has 6 heteroatoms. The van der Waals surface area contributed by atoms with Gasteiger partial charge in [0, 0.05) is 0 Å². The van der Waals surface area contributed by atoms with Crippen LogP contribution in [0.15, 0.2) is 64.3 Å². The fourth-order valence-electron chi connectivity index (χ4n) is 1.50. The number of halogens is 4. The molecule has 21 heavy (non-hydrogen) atoms. The average Bonchev–Trinajstić information content (AvgIpc) is 2.47. The Labute approximate surface area is 132 Å². The van der Waals surface area contributed by atoms with E-state index in [1.54, 1.807) is 0 Å². The zero-order valence-electron chi connectivity index (χ0n) is 10.6. The van der Waals surface area contributed by atoms with Crippen molar-refractivity contribution in [2.75, 3.05) is 0 Å². The fraction of sp³-hybridized carbons (Fsp3) is 0.0667. The second kappa shape index (κ2) is 7.28. The van der Waals surface area contributed by atoms with Gasteiger partial charge in [-0.3, -0.25) is 0 Å². The molecule has 2 rings (SSSR count). The van der Waals surface area contributed by atoms with Gasteiger partial charge in [-0.2, -0.15) is 0 Å². The zero-order chi connectivity index (χ0) is 15.3. The van der Waals surface area contributed by atoms with Crippen LogP contribution in [-0.2, 0) is 6.18 Å². The van der Waals surface area contributed by atoms with E-state index in [1.165, 1.54) is 12.1 Å². The second-order valence-corrected chi connectivity index (χ2v) is 9.96. The standard InChI is InChI=1S/C15H10F4Se2/c16-10-14(20-12-4-2-1-3-5-12)21-13-8-6-11(7-9-13)15(17,18)19/h1-10H/b14-10-. The predicted molar refractivity (Wildman–Crippen MR) is 77.9 cm³/mol. The Bertz CT molecular complexity index is 604. The first kappa shape index (κ1) is 16.3. The summed E-state index contributed by atoms with van der Waals surface area (Å²) in [6, 6.07) is 14.4. The van der Waals surface area contributed by atoms with Crippen molar-refractivity contribution in [3.8, 4) is 0 Å². The van der Waals surface area contributed by atoms with Gasteiger partial charge in [0.1, 0.15) is 0 Å². The Morgan fingerprint density at radius 2 is 1.33 bits per heavy atom. The molecule has 0 saturated heterocycles. The molecule has 0 radical (unpaired) electrons. The first-order valence-electron chi connectivity index (χ1n) is 5.87. The third-order valence-corrected chi connectivity index (χ3v) is 7.62. The number of benzene rings is 2. The van der Waals surface area contributed by atoms with Crippen molar-refractivity contribution in [3.05, 3.63) is 69.9 Å². The summed E-state index contributed by atoms with van der Waals surface area (Å²) in [6.07, 6.45) is -3.75. The molecule has 0 nitrogen and oxygen atoms in total. The molecule has 0 aromatic heterocycles. The summed E-state index contributed by atoms with van der Waals surface area (Å²) in [7, 11) is 0. The molecule has 0 spiro atoms. The van der Waals surface area contributed by atoms with Gasteiger partial charge in [-0.1, -0.05) is 0 Å². The van der Waals surface area contributed by atoms with E-state index >= 15 is 0 Å². The van der Waals surface area contributed by atoms with Crippen molar-refractivity contribution in [1.82, 2.24) is 0 Å². The van der Waals surface area contributed by atoms with Crippen LogP contribution >= 0.6 is 0 Å². The molecule has 0 amide bonds. The number of rotatable bonds is 4. The van der Waals surface area contributed by atoms with Crippen LogP contribution in [-0.4, -0.2) is 29.9 Å². The molecular formula is C15H10F4Se2. The Balaban J connectivity index is 2.06. The topological polar surface area (TPSA) is 0 Å². The molecule has 0 heterocycles. The number of hydrogen-bond donors (Lipinski definition) is 0. The van der Waals surface area contributed by atoms with Gasteiger partial charge < -0.3 is 0 Å². The zero-order valence-corrected chi connectivity index (χ0v) is 14.0. The van der Waals surface area contributed by atoms with Crippen molar-refractivity contribution in [2.45, 2.75) is 6.18 Å². The van der Waals surface area contributed by atoms with E-state index in [4.69, 9.17) is 0 Å². The van der Waals surface area contributed by atoms with E-state index in [-0.39, 0.29) is 29.9 Å². The fourth-order valence-corrected chi connectivity index (χ4v) is 6.49. The van der Waals surface area contributed by atoms with Crippen molar-refractivity contribution in [2.24, 2.45) is 0 Å². The molecule has 2 aromatic rings. The summed E-state index contributed by atoms with van der Waals surface area (Å²) >= 11 is -0.437. The van der Waals surface area contributed by atoms with E-state index in [9.17, 15) is 17.6 Å². The molecule has 0 bridgehead atoms. The Kier molecular flexibility index (Phi) is 5.65. The van der Waals surface area contributed by atoms with Gasteiger partial charge in [0.25, 0.3) is 0 Å². The Morgan fingerprint density at radius 3 is 1.81 bits per heavy atom. The van der Waals surface area contributed by atoms with Crippen molar-refractivity contribution in [1.29, 1.82) is 0 Å². The number of hydrogen-bond acceptors (Lipinski definition) is 0. The molecule has 110 valence electrons. The minimum atomic E-state index is -4.34. The van der Waals surface area contributed by atoms with Crippen molar-refractivity contribution < 1.29 is 17.6 Å². The Morgan fingerprint density at radius 1 is 0.810 bits per heavy atom. The van der Waals surface area contributed by atoms with Crippen LogP contribution < -0.4 is 8.92 Å². The van der Waals surface area contributed by atoms with Gasteiger partial charge >= 0.3 is 132 Å². The van der Waals surface area contributed by atoms with Crippen LogP contribution in [0.2, 0.25) is 0 Å². The third kappa shape index (κ3) is 5.01. The van der Waals surface area contributed by atoms with Gasteiger partial charge in [-0.25, -0.2) is 0 Å². The van der Waals surface area contributed by atoms with Gasteiger partial charge in [0.05, 0.1) is 0 Å². The van der Waals surface area contributed by atoms with Crippen LogP contribution in [0.3, 0.4) is 0 Å². The van der Waals surface area contributed by atoms with Gasteiger partial charge in [0.2, 0.25) is 0 Å². The third-order valence-electron chi connectivity index (χ3n) is 2.45. The van der Waals surface area contributed by atoms with Gasteiger partial charge in [0.15, 0.2) is 0 Å². The second-order valence-electron chi connectivity index (χ2n) is 3.97. The summed E-state index contributed by atoms with van der Waals surface area (Å²) < 4.78 is 52.8. The van der Waals surface area contributed by atoms with Gasteiger partial charge in [-0.05, 0) is 0 Å². The maximum atomic E-state index is 13.0. The van der Waals surface area contributed by atoms with Crippen LogP contribution in [0.25, 0.3) is 0 Å². The number of alkyl halides is 3. The minimum absolute atomic E-state index is 0.140. The first-order valence-corrected chi connectivity index (χ1v) is 9.30. The van der Waals surface area contributed by atoms with Gasteiger partial charge in [-0.15, -0.1) is 0 Å². The first-order chi connectivity index (χ1) is 9.99. The predicted octanol–water partition coefficient (Wildman–Crippen LogP) is 2.83. The Hall–Kier alpha value is -1.06. The average molecular weight is 424 g/mol. The molecular weight excluding hydrogens is 414 g/mol. The van der Waals surface area contributed by atoms with E-state index < -0.39 is 11.7 Å².